The van der Waals surface area contributed by atoms with Gasteiger partial charge in [0.15, 0.2) is 0 Å². The average Bonchev–Trinajstić information content (AvgIpc) is 3.20. The Morgan fingerprint density at radius 2 is 2.21 bits per heavy atom. The predicted molar refractivity (Wildman–Crippen MR) is 77.8 cm³/mol. The van der Waals surface area contributed by atoms with Gasteiger partial charge in [0.25, 0.3) is 0 Å². The Bertz CT molecular complexity index is 440. The molecule has 0 saturated heterocycles. The van der Waals surface area contributed by atoms with Gasteiger partial charge in [0, 0.05) is 25.0 Å². The third-order valence-electron chi connectivity index (χ3n) is 3.64. The van der Waals surface area contributed by atoms with Crippen molar-refractivity contribution in [1.82, 2.24) is 10.2 Å². The minimum absolute atomic E-state index is 0.0513. The number of nitrogens with one attached hydrogen (secondary N) is 1. The van der Waals surface area contributed by atoms with E-state index in [-0.39, 0.29) is 11.8 Å². The molecular weight excluding hydrogens is 236 g/mol. The van der Waals surface area contributed by atoms with Crippen LogP contribution in [0.4, 0.5) is 0 Å². The van der Waals surface area contributed by atoms with Gasteiger partial charge in [-0.05, 0) is 32.4 Å². The monoisotopic (exact) mass is 260 g/mol. The van der Waals surface area contributed by atoms with Crippen molar-refractivity contribution >= 4 is 5.91 Å². The third kappa shape index (κ3) is 3.80. The molecule has 2 rings (SSSR count). The second-order valence-electron chi connectivity index (χ2n) is 5.65. The highest BCUT2D eigenvalue weighted by Gasteiger charge is 2.34. The average molecular weight is 260 g/mol. The molecule has 1 aliphatic carbocycles. The van der Waals surface area contributed by atoms with Crippen LogP contribution in [0.25, 0.3) is 0 Å². The quantitative estimate of drug-likeness (QED) is 0.851. The van der Waals surface area contributed by atoms with Crippen LogP contribution in [0.2, 0.25) is 0 Å². The second kappa shape index (κ2) is 6.20. The van der Waals surface area contributed by atoms with E-state index in [0.717, 1.165) is 25.9 Å². The molecule has 3 heteroatoms. The van der Waals surface area contributed by atoms with Crippen molar-refractivity contribution in [3.05, 3.63) is 35.4 Å². The Balaban J connectivity index is 2.06. The summed E-state index contributed by atoms with van der Waals surface area (Å²) in [7, 11) is 1.89. The van der Waals surface area contributed by atoms with E-state index in [4.69, 9.17) is 0 Å². The van der Waals surface area contributed by atoms with Gasteiger partial charge in [-0.25, -0.2) is 0 Å². The van der Waals surface area contributed by atoms with E-state index in [0.29, 0.717) is 6.04 Å². The molecule has 1 atom stereocenters. The fourth-order valence-electron chi connectivity index (χ4n) is 2.46. The first kappa shape index (κ1) is 14.1. The Hall–Kier alpha value is -1.35. The molecule has 0 heterocycles. The minimum Gasteiger partial charge on any atom is -0.335 e. The lowest BCUT2D eigenvalue weighted by atomic mass is 10.1. The molecule has 0 radical (unpaired) electrons. The van der Waals surface area contributed by atoms with E-state index >= 15 is 0 Å². The molecule has 1 fully saturated rings. The first-order valence-corrected chi connectivity index (χ1v) is 7.12. The molecule has 1 N–H and O–H groups in total. The lowest BCUT2D eigenvalue weighted by molar-refractivity contribution is -0.136. The molecule has 3 nitrogen and oxygen atoms in total. The molecule has 0 spiro atoms. The minimum atomic E-state index is 0.0513. The van der Waals surface area contributed by atoms with E-state index in [1.54, 1.807) is 0 Å². The highest BCUT2D eigenvalue weighted by Crippen LogP contribution is 2.29. The number of amides is 1. The van der Waals surface area contributed by atoms with E-state index in [1.165, 1.54) is 11.1 Å². The standard InChI is InChI=1S/C16H24N2O/c1-12-5-4-6-14(9-12)11-18(15-7-8-15)16(19)13(2)10-17-3/h4-6,9,13,15,17H,7-8,10-11H2,1-3H3. The molecular formula is C16H24N2O. The van der Waals surface area contributed by atoms with Gasteiger partial charge in [0.1, 0.15) is 0 Å². The Kier molecular flexibility index (Phi) is 4.59. The summed E-state index contributed by atoms with van der Waals surface area (Å²) >= 11 is 0. The van der Waals surface area contributed by atoms with Gasteiger partial charge in [0.2, 0.25) is 5.91 Å². The highest BCUT2D eigenvalue weighted by atomic mass is 16.2. The zero-order valence-corrected chi connectivity index (χ0v) is 12.1. The van der Waals surface area contributed by atoms with Gasteiger partial charge >= 0.3 is 0 Å². The molecule has 0 aromatic heterocycles. The van der Waals surface area contributed by atoms with E-state index in [2.05, 4.69) is 41.4 Å². The molecule has 19 heavy (non-hydrogen) atoms. The molecule has 0 aliphatic heterocycles. The zero-order valence-electron chi connectivity index (χ0n) is 12.1. The SMILES string of the molecule is CNCC(C)C(=O)N(Cc1cccc(C)c1)C1CC1. The molecule has 1 amide bonds. The third-order valence-corrected chi connectivity index (χ3v) is 3.64. The molecule has 1 saturated carbocycles. The number of rotatable bonds is 6. The first-order valence-electron chi connectivity index (χ1n) is 7.12. The van der Waals surface area contributed by atoms with Crippen LogP contribution in [0.3, 0.4) is 0 Å². The van der Waals surface area contributed by atoms with Gasteiger partial charge in [-0.1, -0.05) is 36.8 Å². The second-order valence-corrected chi connectivity index (χ2v) is 5.65. The number of benzene rings is 1. The first-order chi connectivity index (χ1) is 9.11. The fraction of sp³-hybridized carbons (Fsp3) is 0.562. The molecule has 1 aromatic carbocycles. The summed E-state index contributed by atoms with van der Waals surface area (Å²) in [5.74, 6) is 0.328. The highest BCUT2D eigenvalue weighted by molar-refractivity contribution is 5.79. The van der Waals surface area contributed by atoms with Crippen molar-refractivity contribution in [3.8, 4) is 0 Å². The van der Waals surface area contributed by atoms with Gasteiger partial charge in [-0.15, -0.1) is 0 Å². The summed E-state index contributed by atoms with van der Waals surface area (Å²) in [5, 5.41) is 3.09. The summed E-state index contributed by atoms with van der Waals surface area (Å²) in [6.45, 7) is 5.59. The number of hydrogen-bond acceptors (Lipinski definition) is 2. The molecule has 1 aromatic rings. The van der Waals surface area contributed by atoms with Crippen molar-refractivity contribution in [1.29, 1.82) is 0 Å². The lowest BCUT2D eigenvalue weighted by Gasteiger charge is -2.26. The van der Waals surface area contributed by atoms with Crippen LogP contribution in [-0.2, 0) is 11.3 Å². The zero-order chi connectivity index (χ0) is 13.8. The van der Waals surface area contributed by atoms with Crippen molar-refractivity contribution in [3.63, 3.8) is 0 Å². The van der Waals surface area contributed by atoms with Crippen LogP contribution >= 0.6 is 0 Å². The molecule has 1 unspecified atom stereocenters. The largest absolute Gasteiger partial charge is 0.335 e. The number of carbonyl (C=O) groups excluding carboxylic acids is 1. The van der Waals surface area contributed by atoms with Gasteiger partial charge in [0.05, 0.1) is 0 Å². The number of nitrogens with zero attached hydrogens (tertiary/aromatic N) is 1. The van der Waals surface area contributed by atoms with Crippen molar-refractivity contribution < 1.29 is 4.79 Å². The smallest absolute Gasteiger partial charge is 0.227 e. The summed E-state index contributed by atoms with van der Waals surface area (Å²) in [4.78, 5) is 14.6. The maximum absolute atomic E-state index is 12.5. The van der Waals surface area contributed by atoms with Crippen LogP contribution in [0, 0.1) is 12.8 Å². The molecule has 104 valence electrons. The number of aryl methyl sites for hydroxylation is 1. The number of hydrogen-bond donors (Lipinski definition) is 1. The summed E-state index contributed by atoms with van der Waals surface area (Å²) in [6.07, 6.45) is 2.31. The van der Waals surface area contributed by atoms with Crippen molar-refractivity contribution in [2.45, 2.75) is 39.3 Å². The van der Waals surface area contributed by atoms with Crippen LogP contribution in [0.5, 0.6) is 0 Å². The maximum Gasteiger partial charge on any atom is 0.227 e. The fourth-order valence-corrected chi connectivity index (χ4v) is 2.46. The number of carbonyl (C=O) groups is 1. The summed E-state index contributed by atoms with van der Waals surface area (Å²) < 4.78 is 0. The van der Waals surface area contributed by atoms with E-state index in [9.17, 15) is 4.79 Å². The Labute approximate surface area is 116 Å². The maximum atomic E-state index is 12.5. The van der Waals surface area contributed by atoms with E-state index in [1.807, 2.05) is 14.0 Å². The van der Waals surface area contributed by atoms with Crippen LogP contribution in [-0.4, -0.2) is 30.4 Å². The summed E-state index contributed by atoms with van der Waals surface area (Å²) in [5.41, 5.74) is 2.49. The predicted octanol–water partition coefficient (Wildman–Crippen LogP) is 2.34. The Morgan fingerprint density at radius 1 is 1.47 bits per heavy atom. The van der Waals surface area contributed by atoms with Gasteiger partial charge < -0.3 is 10.2 Å². The topological polar surface area (TPSA) is 32.3 Å². The molecule has 0 bridgehead atoms. The van der Waals surface area contributed by atoms with Crippen molar-refractivity contribution in [2.24, 2.45) is 5.92 Å². The van der Waals surface area contributed by atoms with Gasteiger partial charge in [-0.3, -0.25) is 4.79 Å². The molecule has 1 aliphatic rings. The Morgan fingerprint density at radius 3 is 2.79 bits per heavy atom. The van der Waals surface area contributed by atoms with Gasteiger partial charge in [-0.2, -0.15) is 0 Å². The summed E-state index contributed by atoms with van der Waals surface area (Å²) in [6, 6.07) is 8.91. The lowest BCUT2D eigenvalue weighted by Crippen LogP contribution is -2.39. The van der Waals surface area contributed by atoms with Crippen LogP contribution in [0.15, 0.2) is 24.3 Å². The normalized spacial score (nSPS) is 16.2. The van der Waals surface area contributed by atoms with E-state index < -0.39 is 0 Å². The van der Waals surface area contributed by atoms with Crippen molar-refractivity contribution in [2.75, 3.05) is 13.6 Å². The van der Waals surface area contributed by atoms with Crippen LogP contribution in [0.1, 0.15) is 30.9 Å². The van der Waals surface area contributed by atoms with Crippen LogP contribution < -0.4 is 5.32 Å².